The Kier molecular flexibility index (Phi) is 8.37. The molecule has 33 heavy (non-hydrogen) atoms. The van der Waals surface area contributed by atoms with E-state index in [0.717, 1.165) is 41.9 Å². The third-order valence-electron chi connectivity index (χ3n) is 4.97. The van der Waals surface area contributed by atoms with E-state index in [4.69, 9.17) is 17.2 Å². The van der Waals surface area contributed by atoms with Crippen LogP contribution >= 0.6 is 12.2 Å². The number of benzene rings is 1. The van der Waals surface area contributed by atoms with E-state index in [9.17, 15) is 4.79 Å². The molecule has 0 saturated carbocycles. The maximum Gasteiger partial charge on any atom is 0.220 e. The number of anilines is 2. The quantitative estimate of drug-likeness (QED) is 0.263. The van der Waals surface area contributed by atoms with Crippen LogP contribution in [0.15, 0.2) is 18.2 Å². The van der Waals surface area contributed by atoms with Crippen molar-refractivity contribution in [2.75, 3.05) is 23.7 Å². The van der Waals surface area contributed by atoms with Crippen LogP contribution in [0.1, 0.15) is 52.8 Å². The number of amides is 1. The fourth-order valence-electron chi connectivity index (χ4n) is 3.53. The first kappa shape index (κ1) is 24.6. The summed E-state index contributed by atoms with van der Waals surface area (Å²) in [7, 11) is 0. The Morgan fingerprint density at radius 2 is 1.88 bits per heavy atom. The molecule has 0 aliphatic rings. The molecule has 0 unspecified atom stereocenters. The molecule has 0 atom stereocenters. The van der Waals surface area contributed by atoms with Gasteiger partial charge in [0.1, 0.15) is 5.82 Å². The molecule has 3 rings (SSSR count). The number of fused-ring (bicyclic) bond motifs is 3. The molecule has 10 heteroatoms. The second-order valence-electron chi connectivity index (χ2n) is 8.91. The predicted octanol–water partition coefficient (Wildman–Crippen LogP) is 3.64. The Bertz CT molecular complexity index is 1120. The Hall–Kier alpha value is -3.01. The lowest BCUT2D eigenvalue weighted by Gasteiger charge is -2.14. The third kappa shape index (κ3) is 6.74. The molecule has 9 nitrogen and oxygen atoms in total. The van der Waals surface area contributed by atoms with Gasteiger partial charge in [0, 0.05) is 31.2 Å². The molecule has 2 aromatic heterocycles. The highest BCUT2D eigenvalue weighted by Gasteiger charge is 2.14. The van der Waals surface area contributed by atoms with Crippen LogP contribution in [0.2, 0.25) is 0 Å². The Balaban J connectivity index is 1.69. The van der Waals surface area contributed by atoms with Crippen molar-refractivity contribution in [1.82, 2.24) is 30.2 Å². The zero-order chi connectivity index (χ0) is 24.0. The molecule has 4 N–H and O–H groups in total. The van der Waals surface area contributed by atoms with E-state index in [1.54, 1.807) is 0 Å². The largest absolute Gasteiger partial charge is 0.367 e. The average molecular weight is 471 g/mol. The molecular weight excluding hydrogens is 436 g/mol. The number of carbonyl (C=O) groups is 1. The molecule has 0 aliphatic heterocycles. The number of hydrogen-bond acceptors (Lipinski definition) is 6. The summed E-state index contributed by atoms with van der Waals surface area (Å²) in [6, 6.07) is 6.19. The van der Waals surface area contributed by atoms with Crippen molar-refractivity contribution in [1.29, 1.82) is 0 Å². The second-order valence-corrected chi connectivity index (χ2v) is 9.31. The minimum atomic E-state index is 0.113. The van der Waals surface area contributed by atoms with Gasteiger partial charge in [0.05, 0.1) is 11.0 Å². The smallest absolute Gasteiger partial charge is 0.220 e. The maximum absolute atomic E-state index is 11.8. The number of hydrogen-bond donors (Lipinski definition) is 4. The molecule has 0 radical (unpaired) electrons. The average Bonchev–Trinajstić information content (AvgIpc) is 3.11. The van der Waals surface area contributed by atoms with Gasteiger partial charge < -0.3 is 21.3 Å². The zero-order valence-electron chi connectivity index (χ0n) is 20.0. The zero-order valence-corrected chi connectivity index (χ0v) is 20.8. The van der Waals surface area contributed by atoms with E-state index in [2.05, 4.69) is 31.5 Å². The summed E-state index contributed by atoms with van der Waals surface area (Å²) < 4.78 is 2.01. The summed E-state index contributed by atoms with van der Waals surface area (Å²) in [5, 5.41) is 21.9. The van der Waals surface area contributed by atoms with Crippen LogP contribution < -0.4 is 21.3 Å². The van der Waals surface area contributed by atoms with E-state index < -0.39 is 0 Å². The van der Waals surface area contributed by atoms with Crippen LogP contribution in [0.25, 0.3) is 16.7 Å². The highest BCUT2D eigenvalue weighted by atomic mass is 32.1. The normalized spacial score (nSPS) is 11.4. The standard InChI is InChI=1S/C23H34N8OS/c1-14(2)12-20(32)24-10-6-7-11-25-21-22-30-29-16(5)31(22)19-9-8-17(13-18(19)28-21)27-23(33)26-15(3)4/h8-9,13-15H,6-7,10-12H2,1-5H3,(H,24,32)(H,25,28)(H2,26,27,33). The Morgan fingerprint density at radius 3 is 2.61 bits per heavy atom. The highest BCUT2D eigenvalue weighted by Crippen LogP contribution is 2.24. The summed E-state index contributed by atoms with van der Waals surface area (Å²) in [4.78, 5) is 16.6. The minimum absolute atomic E-state index is 0.113. The van der Waals surface area contributed by atoms with E-state index in [-0.39, 0.29) is 11.9 Å². The first-order valence-corrected chi connectivity index (χ1v) is 11.9. The van der Waals surface area contributed by atoms with Crippen molar-refractivity contribution >= 4 is 51.4 Å². The molecule has 178 valence electrons. The Morgan fingerprint density at radius 1 is 1.12 bits per heavy atom. The summed E-state index contributed by atoms with van der Waals surface area (Å²) in [6.07, 6.45) is 2.36. The highest BCUT2D eigenvalue weighted by molar-refractivity contribution is 7.80. The van der Waals surface area contributed by atoms with Gasteiger partial charge in [-0.2, -0.15) is 0 Å². The topological polar surface area (TPSA) is 108 Å². The van der Waals surface area contributed by atoms with Gasteiger partial charge >= 0.3 is 0 Å². The molecule has 1 aromatic carbocycles. The predicted molar refractivity (Wildman–Crippen MR) is 138 cm³/mol. The molecule has 0 aliphatic carbocycles. The second kappa shape index (κ2) is 11.2. The van der Waals surface area contributed by atoms with Crippen molar-refractivity contribution in [3.8, 4) is 0 Å². The molecule has 2 heterocycles. The number of rotatable bonds is 10. The first-order chi connectivity index (χ1) is 15.7. The van der Waals surface area contributed by atoms with Crippen molar-refractivity contribution in [2.24, 2.45) is 5.92 Å². The van der Waals surface area contributed by atoms with Gasteiger partial charge in [0.15, 0.2) is 10.9 Å². The van der Waals surface area contributed by atoms with Gasteiger partial charge in [-0.05, 0) is 69.9 Å². The minimum Gasteiger partial charge on any atom is -0.367 e. The van der Waals surface area contributed by atoms with Gasteiger partial charge in [-0.25, -0.2) is 4.98 Å². The molecule has 0 saturated heterocycles. The molecule has 1 amide bonds. The third-order valence-corrected chi connectivity index (χ3v) is 5.19. The summed E-state index contributed by atoms with van der Waals surface area (Å²) in [6.45, 7) is 11.5. The molecular formula is C23H34N8OS. The first-order valence-electron chi connectivity index (χ1n) is 11.5. The number of unbranched alkanes of at least 4 members (excludes halogenated alkanes) is 1. The van der Waals surface area contributed by atoms with Crippen LogP contribution in [0.3, 0.4) is 0 Å². The fraction of sp³-hybridized carbons (Fsp3) is 0.522. The van der Waals surface area contributed by atoms with E-state index in [1.165, 1.54) is 0 Å². The van der Waals surface area contributed by atoms with Crippen LogP contribution in [0.4, 0.5) is 11.5 Å². The van der Waals surface area contributed by atoms with Gasteiger partial charge in [-0.3, -0.25) is 9.20 Å². The Labute approximate surface area is 200 Å². The molecule has 3 aromatic rings. The van der Waals surface area contributed by atoms with E-state index in [0.29, 0.717) is 35.5 Å². The van der Waals surface area contributed by atoms with Crippen molar-refractivity contribution in [3.05, 3.63) is 24.0 Å². The number of nitrogens with zero attached hydrogens (tertiary/aromatic N) is 4. The van der Waals surface area contributed by atoms with E-state index >= 15 is 0 Å². The van der Waals surface area contributed by atoms with Crippen LogP contribution in [-0.4, -0.2) is 49.7 Å². The summed E-state index contributed by atoms with van der Waals surface area (Å²) in [5.41, 5.74) is 3.30. The van der Waals surface area contributed by atoms with Crippen molar-refractivity contribution in [2.45, 2.75) is 59.9 Å². The monoisotopic (exact) mass is 470 g/mol. The number of carbonyl (C=O) groups excluding carboxylic acids is 1. The number of thiocarbonyl (C=S) groups is 1. The van der Waals surface area contributed by atoms with Gasteiger partial charge in [-0.1, -0.05) is 13.8 Å². The molecule has 0 spiro atoms. The van der Waals surface area contributed by atoms with Crippen molar-refractivity contribution in [3.63, 3.8) is 0 Å². The summed E-state index contributed by atoms with van der Waals surface area (Å²) >= 11 is 5.37. The lowest BCUT2D eigenvalue weighted by Crippen LogP contribution is -2.33. The number of aryl methyl sites for hydroxylation is 1. The summed E-state index contributed by atoms with van der Waals surface area (Å²) in [5.74, 6) is 1.97. The lowest BCUT2D eigenvalue weighted by atomic mass is 10.1. The maximum atomic E-state index is 11.8. The van der Waals surface area contributed by atoms with Gasteiger partial charge in [0.25, 0.3) is 0 Å². The number of nitrogens with one attached hydrogen (secondary N) is 4. The van der Waals surface area contributed by atoms with Gasteiger partial charge in [-0.15, -0.1) is 10.2 Å². The van der Waals surface area contributed by atoms with Crippen LogP contribution in [0, 0.1) is 12.8 Å². The SMILES string of the molecule is Cc1nnc2c(NCCCCNC(=O)CC(C)C)nc3cc(NC(=S)NC(C)C)ccc3n12. The van der Waals surface area contributed by atoms with Gasteiger partial charge in [0.2, 0.25) is 11.6 Å². The van der Waals surface area contributed by atoms with Crippen LogP contribution in [0.5, 0.6) is 0 Å². The fourth-order valence-corrected chi connectivity index (χ4v) is 3.88. The number of aromatic nitrogens is 4. The van der Waals surface area contributed by atoms with Crippen molar-refractivity contribution < 1.29 is 4.79 Å². The van der Waals surface area contributed by atoms with Crippen LogP contribution in [-0.2, 0) is 4.79 Å². The molecule has 0 bridgehead atoms. The van der Waals surface area contributed by atoms with E-state index in [1.807, 2.05) is 57.2 Å². The molecule has 0 fully saturated rings. The lowest BCUT2D eigenvalue weighted by molar-refractivity contribution is -0.121.